The molecular formula is C18H21N5O2S. The molecule has 0 radical (unpaired) electrons. The van der Waals surface area contributed by atoms with E-state index in [-0.39, 0.29) is 11.8 Å². The number of carbonyl (C=O) groups is 1. The van der Waals surface area contributed by atoms with Gasteiger partial charge in [0.05, 0.1) is 18.2 Å². The molecule has 7 nitrogen and oxygen atoms in total. The number of hydrogen-bond acceptors (Lipinski definition) is 7. The Morgan fingerprint density at radius 2 is 2.31 bits per heavy atom. The molecule has 0 aliphatic carbocycles. The lowest BCUT2D eigenvalue weighted by Gasteiger charge is -2.33. The van der Waals surface area contributed by atoms with Crippen molar-refractivity contribution in [2.24, 2.45) is 5.92 Å². The number of thiophene rings is 1. The smallest absolute Gasteiger partial charge is 0.263 e. The van der Waals surface area contributed by atoms with Gasteiger partial charge in [-0.25, -0.2) is 4.98 Å². The summed E-state index contributed by atoms with van der Waals surface area (Å²) in [7, 11) is 0. The molecule has 0 spiro atoms. The van der Waals surface area contributed by atoms with Gasteiger partial charge in [-0.2, -0.15) is 4.98 Å². The Morgan fingerprint density at radius 1 is 1.42 bits per heavy atom. The second kappa shape index (κ2) is 7.03. The lowest BCUT2D eigenvalue weighted by Crippen LogP contribution is -2.43. The Labute approximate surface area is 155 Å². The summed E-state index contributed by atoms with van der Waals surface area (Å²) >= 11 is 1.66. The van der Waals surface area contributed by atoms with Gasteiger partial charge in [-0.15, -0.1) is 11.3 Å². The lowest BCUT2D eigenvalue weighted by atomic mass is 9.97. The summed E-state index contributed by atoms with van der Waals surface area (Å²) in [6.45, 7) is 5.84. The number of nitrogens with one attached hydrogen (secondary N) is 1. The number of piperidine rings is 1. The normalized spacial score (nSPS) is 17.6. The fourth-order valence-corrected chi connectivity index (χ4v) is 4.06. The number of rotatable bonds is 4. The molecule has 26 heavy (non-hydrogen) atoms. The van der Waals surface area contributed by atoms with Crippen molar-refractivity contribution >= 4 is 34.2 Å². The SMILES string of the molecule is Cc1nc(N2CCC[C@@H](C(=O)NCc3cccs3)C2)c2c(C)noc2n1. The van der Waals surface area contributed by atoms with Crippen molar-refractivity contribution in [1.29, 1.82) is 0 Å². The first kappa shape index (κ1) is 17.0. The highest BCUT2D eigenvalue weighted by molar-refractivity contribution is 7.09. The quantitative estimate of drug-likeness (QED) is 0.759. The molecule has 1 aliphatic rings. The largest absolute Gasteiger partial charge is 0.355 e. The van der Waals surface area contributed by atoms with Crippen LogP contribution in [0.5, 0.6) is 0 Å². The van der Waals surface area contributed by atoms with Crippen LogP contribution in [0.1, 0.15) is 29.2 Å². The number of nitrogens with zero attached hydrogens (tertiary/aromatic N) is 4. The predicted molar refractivity (Wildman–Crippen MR) is 100 cm³/mol. The van der Waals surface area contributed by atoms with Crippen molar-refractivity contribution in [2.75, 3.05) is 18.0 Å². The zero-order chi connectivity index (χ0) is 18.1. The molecule has 1 atom stereocenters. The Bertz CT molecular complexity index is 921. The molecule has 4 rings (SSSR count). The second-order valence-corrected chi connectivity index (χ2v) is 7.66. The predicted octanol–water partition coefficient (Wildman–Crippen LogP) is 2.83. The molecular weight excluding hydrogens is 350 g/mol. The maximum Gasteiger partial charge on any atom is 0.263 e. The summed E-state index contributed by atoms with van der Waals surface area (Å²) in [6.07, 6.45) is 1.84. The summed E-state index contributed by atoms with van der Waals surface area (Å²) in [6, 6.07) is 4.03. The molecule has 1 aliphatic heterocycles. The molecule has 0 unspecified atom stereocenters. The number of anilines is 1. The van der Waals surface area contributed by atoms with Gasteiger partial charge in [0.2, 0.25) is 5.91 Å². The van der Waals surface area contributed by atoms with E-state index in [2.05, 4.69) is 25.3 Å². The summed E-state index contributed by atoms with van der Waals surface area (Å²) in [5, 5.41) is 9.95. The molecule has 136 valence electrons. The summed E-state index contributed by atoms with van der Waals surface area (Å²) < 4.78 is 5.31. The number of fused-ring (bicyclic) bond motifs is 1. The molecule has 4 heterocycles. The Balaban J connectivity index is 1.52. The van der Waals surface area contributed by atoms with Crippen LogP contribution in [-0.2, 0) is 11.3 Å². The van der Waals surface area contributed by atoms with Crippen LogP contribution in [-0.4, -0.2) is 34.1 Å². The van der Waals surface area contributed by atoms with E-state index < -0.39 is 0 Å². The van der Waals surface area contributed by atoms with Crippen LogP contribution >= 0.6 is 11.3 Å². The van der Waals surface area contributed by atoms with E-state index in [1.54, 1.807) is 11.3 Å². The molecule has 8 heteroatoms. The van der Waals surface area contributed by atoms with E-state index in [9.17, 15) is 4.79 Å². The number of aryl methyl sites for hydroxylation is 2. The van der Waals surface area contributed by atoms with Crippen molar-refractivity contribution in [3.8, 4) is 0 Å². The van der Waals surface area contributed by atoms with Gasteiger partial charge < -0.3 is 14.7 Å². The van der Waals surface area contributed by atoms with Crippen LogP contribution in [0.15, 0.2) is 22.0 Å². The average molecular weight is 371 g/mol. The molecule has 3 aromatic rings. The maximum absolute atomic E-state index is 12.6. The molecule has 3 aromatic heterocycles. The maximum atomic E-state index is 12.6. The van der Waals surface area contributed by atoms with Gasteiger partial charge in [-0.05, 0) is 38.1 Å². The van der Waals surface area contributed by atoms with Crippen molar-refractivity contribution in [2.45, 2.75) is 33.2 Å². The van der Waals surface area contributed by atoms with Crippen molar-refractivity contribution in [3.05, 3.63) is 33.9 Å². The summed E-state index contributed by atoms with van der Waals surface area (Å²) in [5.41, 5.74) is 1.29. The second-order valence-electron chi connectivity index (χ2n) is 6.62. The van der Waals surface area contributed by atoms with Gasteiger partial charge in [0.15, 0.2) is 0 Å². The molecule has 1 N–H and O–H groups in total. The highest BCUT2D eigenvalue weighted by Gasteiger charge is 2.28. The van der Waals surface area contributed by atoms with Gasteiger partial charge in [-0.1, -0.05) is 11.2 Å². The molecule has 0 saturated carbocycles. The van der Waals surface area contributed by atoms with E-state index in [1.165, 1.54) is 4.88 Å². The number of hydrogen-bond donors (Lipinski definition) is 1. The highest BCUT2D eigenvalue weighted by atomic mass is 32.1. The first-order valence-corrected chi connectivity index (χ1v) is 9.65. The molecule has 1 amide bonds. The zero-order valence-corrected chi connectivity index (χ0v) is 15.7. The third-order valence-electron chi connectivity index (χ3n) is 4.71. The van der Waals surface area contributed by atoms with E-state index in [0.717, 1.165) is 36.3 Å². The third-order valence-corrected chi connectivity index (χ3v) is 5.58. The fourth-order valence-electron chi connectivity index (χ4n) is 3.42. The fraction of sp³-hybridized carbons (Fsp3) is 0.444. The first-order valence-electron chi connectivity index (χ1n) is 8.77. The van der Waals surface area contributed by atoms with Crippen molar-refractivity contribution in [1.82, 2.24) is 20.4 Å². The average Bonchev–Trinajstić information content (AvgIpc) is 3.29. The van der Waals surface area contributed by atoms with E-state index >= 15 is 0 Å². The van der Waals surface area contributed by atoms with Crippen LogP contribution in [0, 0.1) is 19.8 Å². The highest BCUT2D eigenvalue weighted by Crippen LogP contribution is 2.30. The monoisotopic (exact) mass is 371 g/mol. The lowest BCUT2D eigenvalue weighted by molar-refractivity contribution is -0.125. The van der Waals surface area contributed by atoms with Crippen LogP contribution in [0.25, 0.3) is 11.1 Å². The molecule has 0 aromatic carbocycles. The summed E-state index contributed by atoms with van der Waals surface area (Å²) in [5.74, 6) is 1.52. The Kier molecular flexibility index (Phi) is 4.58. The van der Waals surface area contributed by atoms with E-state index in [4.69, 9.17) is 4.52 Å². The molecule has 1 fully saturated rings. The van der Waals surface area contributed by atoms with Crippen LogP contribution < -0.4 is 10.2 Å². The van der Waals surface area contributed by atoms with Gasteiger partial charge in [0.25, 0.3) is 5.71 Å². The number of carbonyl (C=O) groups excluding carboxylic acids is 1. The summed E-state index contributed by atoms with van der Waals surface area (Å²) in [4.78, 5) is 24.9. The minimum atomic E-state index is -0.0470. The van der Waals surface area contributed by atoms with Crippen molar-refractivity contribution < 1.29 is 9.32 Å². The van der Waals surface area contributed by atoms with Crippen LogP contribution in [0.4, 0.5) is 5.82 Å². The van der Waals surface area contributed by atoms with Gasteiger partial charge in [0.1, 0.15) is 17.0 Å². The Hall–Kier alpha value is -2.48. The topological polar surface area (TPSA) is 84.2 Å². The minimum Gasteiger partial charge on any atom is -0.355 e. The van der Waals surface area contributed by atoms with Crippen molar-refractivity contribution in [3.63, 3.8) is 0 Å². The first-order chi connectivity index (χ1) is 12.6. The standard InChI is InChI=1S/C18H21N5O2S/c1-11-15-16(20-12(2)21-18(15)25-22-11)23-7-3-5-13(10-23)17(24)19-9-14-6-4-8-26-14/h4,6,8,13H,3,5,7,9-10H2,1-2H3,(H,19,24)/t13-/m1/s1. The zero-order valence-electron chi connectivity index (χ0n) is 14.9. The number of amides is 1. The minimum absolute atomic E-state index is 0.0470. The van der Waals surface area contributed by atoms with Gasteiger partial charge in [-0.3, -0.25) is 4.79 Å². The van der Waals surface area contributed by atoms with E-state index in [1.807, 2.05) is 31.4 Å². The van der Waals surface area contributed by atoms with E-state index in [0.29, 0.717) is 24.6 Å². The third kappa shape index (κ3) is 3.29. The Morgan fingerprint density at radius 3 is 3.12 bits per heavy atom. The van der Waals surface area contributed by atoms with Crippen LogP contribution in [0.3, 0.4) is 0 Å². The van der Waals surface area contributed by atoms with Crippen LogP contribution in [0.2, 0.25) is 0 Å². The van der Waals surface area contributed by atoms with Gasteiger partial charge in [0, 0.05) is 18.0 Å². The van der Waals surface area contributed by atoms with Gasteiger partial charge >= 0.3 is 0 Å². The number of aromatic nitrogens is 3. The molecule has 1 saturated heterocycles. The molecule has 0 bridgehead atoms.